The lowest BCUT2D eigenvalue weighted by Gasteiger charge is -2.65. The predicted octanol–water partition coefficient (Wildman–Crippen LogP) is 3.86. The molecule has 0 unspecified atom stereocenters. The summed E-state index contributed by atoms with van der Waals surface area (Å²) >= 11 is 0. The van der Waals surface area contributed by atoms with Crippen LogP contribution in [0, 0.1) is 22.2 Å². The van der Waals surface area contributed by atoms with Crippen molar-refractivity contribution < 1.29 is 4.79 Å². The second-order valence-corrected chi connectivity index (χ2v) is 9.73. The Hall–Kier alpha value is -1.32. The molecule has 4 bridgehead atoms. The molecule has 1 aromatic heterocycles. The van der Waals surface area contributed by atoms with Crippen LogP contribution < -0.4 is 0 Å². The molecule has 0 aliphatic heterocycles. The lowest BCUT2D eigenvalue weighted by molar-refractivity contribution is -0.178. The van der Waals surface area contributed by atoms with Gasteiger partial charge in [-0.15, -0.1) is 0 Å². The number of nitrogens with zero attached hydrogens (tertiary/aromatic N) is 3. The van der Waals surface area contributed by atoms with Crippen molar-refractivity contribution in [2.45, 2.75) is 72.4 Å². The molecule has 2 atom stereocenters. The highest BCUT2D eigenvalue weighted by Gasteiger charge is 2.63. The largest absolute Gasteiger partial charge is 0.339 e. The Kier molecular flexibility index (Phi) is 3.43. The first-order chi connectivity index (χ1) is 11.2. The van der Waals surface area contributed by atoms with Gasteiger partial charge in [0, 0.05) is 19.8 Å². The predicted molar refractivity (Wildman–Crippen MR) is 94.2 cm³/mol. The summed E-state index contributed by atoms with van der Waals surface area (Å²) in [4.78, 5) is 15.4. The van der Waals surface area contributed by atoms with Crippen LogP contribution in [0.2, 0.25) is 0 Å². The third-order valence-electron chi connectivity index (χ3n) is 6.85. The highest BCUT2D eigenvalue weighted by molar-refractivity contribution is 5.83. The molecule has 1 aromatic rings. The van der Waals surface area contributed by atoms with Gasteiger partial charge in [-0.05, 0) is 68.3 Å². The van der Waals surface area contributed by atoms with E-state index >= 15 is 0 Å². The standard InChI is InChI=1S/C20H31N3O/c1-5-23-7-6-16(21-23)11-22(4)17(24)20-10-15-8-18(2,13-20)12-19(3,9-15)14-20/h6-7,15H,5,8-14H2,1-4H3/t15?,18-,19-,20?/m0/s1. The summed E-state index contributed by atoms with van der Waals surface area (Å²) in [5.74, 6) is 1.13. The van der Waals surface area contributed by atoms with Gasteiger partial charge in [0.15, 0.2) is 0 Å². The van der Waals surface area contributed by atoms with Gasteiger partial charge in [0.05, 0.1) is 17.7 Å². The molecule has 4 heteroatoms. The van der Waals surface area contributed by atoms with E-state index in [1.807, 2.05) is 28.9 Å². The van der Waals surface area contributed by atoms with Crippen LogP contribution in [0.15, 0.2) is 12.3 Å². The lowest BCUT2D eigenvalue weighted by Crippen LogP contribution is -2.59. The van der Waals surface area contributed by atoms with E-state index in [1.165, 1.54) is 19.3 Å². The molecule has 0 saturated heterocycles. The molecule has 1 heterocycles. The molecule has 0 aromatic carbocycles. The summed E-state index contributed by atoms with van der Waals surface area (Å²) in [5.41, 5.74) is 1.66. The van der Waals surface area contributed by atoms with Gasteiger partial charge in [0.25, 0.3) is 0 Å². The minimum absolute atomic E-state index is 0.106. The zero-order chi connectivity index (χ0) is 17.2. The number of rotatable bonds is 4. The van der Waals surface area contributed by atoms with Gasteiger partial charge in [-0.3, -0.25) is 9.48 Å². The molecule has 5 rings (SSSR count). The van der Waals surface area contributed by atoms with Crippen LogP contribution >= 0.6 is 0 Å². The molecular weight excluding hydrogens is 298 g/mol. The topological polar surface area (TPSA) is 38.1 Å². The van der Waals surface area contributed by atoms with Crippen molar-refractivity contribution in [3.8, 4) is 0 Å². The molecule has 0 N–H and O–H groups in total. The Balaban J connectivity index is 1.55. The van der Waals surface area contributed by atoms with Crippen molar-refractivity contribution in [2.24, 2.45) is 22.2 Å². The van der Waals surface area contributed by atoms with E-state index in [-0.39, 0.29) is 5.41 Å². The van der Waals surface area contributed by atoms with Crippen LogP contribution in [0.1, 0.15) is 65.0 Å². The van der Waals surface area contributed by atoms with E-state index in [1.54, 1.807) is 0 Å². The summed E-state index contributed by atoms with van der Waals surface area (Å²) in [5, 5.41) is 4.55. The third kappa shape index (κ3) is 2.49. The maximum Gasteiger partial charge on any atom is 0.228 e. The van der Waals surface area contributed by atoms with E-state index in [0.29, 0.717) is 23.3 Å². The summed E-state index contributed by atoms with van der Waals surface area (Å²) in [7, 11) is 1.97. The summed E-state index contributed by atoms with van der Waals surface area (Å²) in [6, 6.07) is 2.04. The summed E-state index contributed by atoms with van der Waals surface area (Å²) < 4.78 is 1.93. The average molecular weight is 329 g/mol. The van der Waals surface area contributed by atoms with E-state index in [4.69, 9.17) is 0 Å². The van der Waals surface area contributed by atoms with Crippen LogP contribution in [0.3, 0.4) is 0 Å². The quantitative estimate of drug-likeness (QED) is 0.841. The Morgan fingerprint density at radius 3 is 2.46 bits per heavy atom. The van der Waals surface area contributed by atoms with Crippen molar-refractivity contribution in [1.29, 1.82) is 0 Å². The Labute approximate surface area is 145 Å². The summed E-state index contributed by atoms with van der Waals surface area (Å²) in [6.07, 6.45) is 9.29. The number of amides is 1. The van der Waals surface area contributed by atoms with Crippen molar-refractivity contribution >= 4 is 5.91 Å². The zero-order valence-corrected chi connectivity index (χ0v) is 15.6. The monoisotopic (exact) mass is 329 g/mol. The van der Waals surface area contributed by atoms with E-state index in [9.17, 15) is 4.79 Å². The highest BCUT2D eigenvalue weighted by Crippen LogP contribution is 2.69. The van der Waals surface area contributed by atoms with Crippen LogP contribution in [0.5, 0.6) is 0 Å². The SMILES string of the molecule is CCn1ccc(CN(C)C(=O)C23CC4C[C@](C)(C2)C[C@](C)(C4)C3)n1. The van der Waals surface area contributed by atoms with Gasteiger partial charge >= 0.3 is 0 Å². The molecule has 132 valence electrons. The second kappa shape index (κ2) is 5.09. The van der Waals surface area contributed by atoms with E-state index < -0.39 is 0 Å². The zero-order valence-electron chi connectivity index (χ0n) is 15.6. The molecule has 1 amide bonds. The van der Waals surface area contributed by atoms with E-state index in [2.05, 4.69) is 25.9 Å². The fraction of sp³-hybridized carbons (Fsp3) is 0.800. The van der Waals surface area contributed by atoms with Crippen molar-refractivity contribution in [1.82, 2.24) is 14.7 Å². The number of hydrogen-bond donors (Lipinski definition) is 0. The molecule has 24 heavy (non-hydrogen) atoms. The van der Waals surface area contributed by atoms with Gasteiger partial charge in [0.2, 0.25) is 5.91 Å². The number of aryl methyl sites for hydroxylation is 1. The van der Waals surface area contributed by atoms with Crippen molar-refractivity contribution in [3.63, 3.8) is 0 Å². The number of carbonyl (C=O) groups excluding carboxylic acids is 1. The normalized spacial score (nSPS) is 40.1. The Bertz CT molecular complexity index is 646. The molecule has 4 fully saturated rings. The molecular formula is C20H31N3O. The van der Waals surface area contributed by atoms with E-state index in [0.717, 1.165) is 37.4 Å². The Morgan fingerprint density at radius 2 is 1.92 bits per heavy atom. The van der Waals surface area contributed by atoms with Gasteiger partial charge in [-0.25, -0.2) is 0 Å². The Morgan fingerprint density at radius 1 is 1.25 bits per heavy atom. The molecule has 4 aliphatic carbocycles. The van der Waals surface area contributed by atoms with Crippen LogP contribution in [-0.2, 0) is 17.9 Å². The van der Waals surface area contributed by atoms with Gasteiger partial charge in [-0.1, -0.05) is 13.8 Å². The van der Waals surface area contributed by atoms with Gasteiger partial charge in [-0.2, -0.15) is 5.10 Å². The summed E-state index contributed by atoms with van der Waals surface area (Å²) in [6.45, 7) is 8.45. The van der Waals surface area contributed by atoms with Gasteiger partial charge in [0.1, 0.15) is 0 Å². The highest BCUT2D eigenvalue weighted by atomic mass is 16.2. The smallest absolute Gasteiger partial charge is 0.228 e. The van der Waals surface area contributed by atoms with Crippen molar-refractivity contribution in [2.75, 3.05) is 7.05 Å². The van der Waals surface area contributed by atoms with Crippen molar-refractivity contribution in [3.05, 3.63) is 18.0 Å². The van der Waals surface area contributed by atoms with Gasteiger partial charge < -0.3 is 4.90 Å². The number of hydrogen-bond acceptors (Lipinski definition) is 2. The first kappa shape index (κ1) is 16.2. The van der Waals surface area contributed by atoms with Crippen LogP contribution in [0.25, 0.3) is 0 Å². The number of aromatic nitrogens is 2. The fourth-order valence-electron chi connectivity index (χ4n) is 7.07. The minimum Gasteiger partial charge on any atom is -0.339 e. The fourth-order valence-corrected chi connectivity index (χ4v) is 7.07. The molecule has 4 nitrogen and oxygen atoms in total. The number of carbonyl (C=O) groups is 1. The third-order valence-corrected chi connectivity index (χ3v) is 6.85. The molecule has 0 radical (unpaired) electrons. The molecule has 4 aliphatic rings. The average Bonchev–Trinajstić information content (AvgIpc) is 2.90. The first-order valence-electron chi connectivity index (χ1n) is 9.53. The maximum atomic E-state index is 13.5. The van der Waals surface area contributed by atoms with Crippen LogP contribution in [-0.4, -0.2) is 27.6 Å². The minimum atomic E-state index is -0.106. The maximum absolute atomic E-state index is 13.5. The molecule has 4 saturated carbocycles. The second-order valence-electron chi connectivity index (χ2n) is 9.73. The molecule has 0 spiro atoms. The van der Waals surface area contributed by atoms with Crippen LogP contribution in [0.4, 0.5) is 0 Å². The first-order valence-corrected chi connectivity index (χ1v) is 9.53. The lowest BCUT2D eigenvalue weighted by atomic mass is 9.40.